The molecule has 1 rings (SSSR count). The van der Waals surface area contributed by atoms with E-state index in [0.29, 0.717) is 11.6 Å². The molecule has 1 heterocycles. The van der Waals surface area contributed by atoms with Gasteiger partial charge in [-0.05, 0) is 47.8 Å². The van der Waals surface area contributed by atoms with Crippen molar-refractivity contribution in [1.29, 1.82) is 0 Å². The van der Waals surface area contributed by atoms with Gasteiger partial charge < -0.3 is 9.84 Å². The highest BCUT2D eigenvalue weighted by molar-refractivity contribution is 9.10. The summed E-state index contributed by atoms with van der Waals surface area (Å²) in [7, 11) is 1.54. The van der Waals surface area contributed by atoms with Gasteiger partial charge in [0.1, 0.15) is 11.3 Å². The van der Waals surface area contributed by atoms with Gasteiger partial charge in [-0.25, -0.2) is 4.98 Å². The predicted molar refractivity (Wildman–Crippen MR) is 61.7 cm³/mol. The number of pyridine rings is 1. The van der Waals surface area contributed by atoms with Gasteiger partial charge in [-0.15, -0.1) is 0 Å². The Bertz CT molecular complexity index is 413. The average molecular weight is 270 g/mol. The molecule has 15 heavy (non-hydrogen) atoms. The highest BCUT2D eigenvalue weighted by atomic mass is 79.9. The van der Waals surface area contributed by atoms with Crippen LogP contribution in [-0.4, -0.2) is 22.8 Å². The molecule has 3 nitrogen and oxygen atoms in total. The van der Waals surface area contributed by atoms with Gasteiger partial charge in [-0.3, -0.25) is 0 Å². The molecule has 0 saturated heterocycles. The van der Waals surface area contributed by atoms with E-state index >= 15 is 0 Å². The Balaban J connectivity index is 3.01. The first-order valence-corrected chi connectivity index (χ1v) is 5.18. The van der Waals surface area contributed by atoms with E-state index in [-0.39, 0.29) is 0 Å². The van der Waals surface area contributed by atoms with E-state index in [2.05, 4.69) is 32.8 Å². The van der Waals surface area contributed by atoms with Crippen LogP contribution in [0.1, 0.15) is 19.5 Å². The van der Waals surface area contributed by atoms with Crippen molar-refractivity contribution >= 4 is 15.9 Å². The van der Waals surface area contributed by atoms with Gasteiger partial charge in [0, 0.05) is 0 Å². The summed E-state index contributed by atoms with van der Waals surface area (Å²) in [6, 6.07) is 3.56. The highest BCUT2D eigenvalue weighted by Gasteiger charge is 2.06. The molecule has 80 valence electrons. The molecule has 4 heteroatoms. The molecule has 0 spiro atoms. The molecular weight excluding hydrogens is 258 g/mol. The minimum Gasteiger partial charge on any atom is -0.480 e. The Hall–Kier alpha value is -1.05. The summed E-state index contributed by atoms with van der Waals surface area (Å²) in [4.78, 5) is 4.14. The molecule has 1 aromatic rings. The summed E-state index contributed by atoms with van der Waals surface area (Å²) in [5.41, 5.74) is -0.445. The fraction of sp³-hybridized carbons (Fsp3) is 0.364. The third-order valence-electron chi connectivity index (χ3n) is 1.50. The van der Waals surface area contributed by atoms with Crippen LogP contribution in [0.4, 0.5) is 0 Å². The van der Waals surface area contributed by atoms with Crippen LogP contribution in [0.15, 0.2) is 16.6 Å². The normalized spacial score (nSPS) is 10.5. The van der Waals surface area contributed by atoms with Crippen LogP contribution in [-0.2, 0) is 0 Å². The molecule has 0 saturated carbocycles. The first-order valence-electron chi connectivity index (χ1n) is 4.38. The van der Waals surface area contributed by atoms with Crippen molar-refractivity contribution in [2.24, 2.45) is 0 Å². The summed E-state index contributed by atoms with van der Waals surface area (Å²) in [6.07, 6.45) is 0. The maximum absolute atomic E-state index is 9.42. The van der Waals surface area contributed by atoms with Crippen molar-refractivity contribution in [3.63, 3.8) is 0 Å². The summed E-state index contributed by atoms with van der Waals surface area (Å²) >= 11 is 3.30. The zero-order chi connectivity index (χ0) is 11.5. The molecular formula is C11H12BrNO2. The van der Waals surface area contributed by atoms with E-state index in [4.69, 9.17) is 4.74 Å². The molecule has 0 bridgehead atoms. The topological polar surface area (TPSA) is 42.4 Å². The molecule has 0 aliphatic heterocycles. The quantitative estimate of drug-likeness (QED) is 0.793. The summed E-state index contributed by atoms with van der Waals surface area (Å²) in [6.45, 7) is 3.24. The number of hydrogen-bond donors (Lipinski definition) is 1. The molecule has 0 fully saturated rings. The molecule has 0 radical (unpaired) electrons. The maximum Gasteiger partial charge on any atom is 0.228 e. The third kappa shape index (κ3) is 3.90. The SMILES string of the molecule is COc1nc(C#CC(C)(C)O)ccc1Br. The Morgan fingerprint density at radius 2 is 2.13 bits per heavy atom. The van der Waals surface area contributed by atoms with E-state index < -0.39 is 5.60 Å². The van der Waals surface area contributed by atoms with Crippen LogP contribution in [0.2, 0.25) is 0 Å². The Morgan fingerprint density at radius 3 is 2.67 bits per heavy atom. The lowest BCUT2D eigenvalue weighted by molar-refractivity contribution is 0.143. The number of aromatic nitrogens is 1. The van der Waals surface area contributed by atoms with Crippen molar-refractivity contribution in [3.05, 3.63) is 22.3 Å². The number of aliphatic hydroxyl groups is 1. The maximum atomic E-state index is 9.42. The second-order valence-corrected chi connectivity index (χ2v) is 4.35. The molecule has 0 atom stereocenters. The van der Waals surface area contributed by atoms with Gasteiger partial charge in [0.05, 0.1) is 11.6 Å². The second-order valence-electron chi connectivity index (χ2n) is 3.50. The van der Waals surface area contributed by atoms with Gasteiger partial charge in [-0.1, -0.05) is 5.92 Å². The van der Waals surface area contributed by atoms with Crippen molar-refractivity contribution in [3.8, 4) is 17.7 Å². The number of rotatable bonds is 1. The van der Waals surface area contributed by atoms with Crippen molar-refractivity contribution in [1.82, 2.24) is 4.98 Å². The standard InChI is InChI=1S/C11H12BrNO2/c1-11(2,14)7-6-8-4-5-9(12)10(13-8)15-3/h4-5,14H,1-3H3. The van der Waals surface area contributed by atoms with Crippen LogP contribution < -0.4 is 4.74 Å². The first kappa shape index (κ1) is 12.0. The lowest BCUT2D eigenvalue weighted by atomic mass is 10.1. The number of halogens is 1. The van der Waals surface area contributed by atoms with Crippen LogP contribution in [0.25, 0.3) is 0 Å². The van der Waals surface area contributed by atoms with Gasteiger partial charge in [0.15, 0.2) is 0 Å². The minimum atomic E-state index is -1.01. The van der Waals surface area contributed by atoms with Crippen molar-refractivity contribution in [2.75, 3.05) is 7.11 Å². The Kier molecular flexibility index (Phi) is 3.72. The number of nitrogens with zero attached hydrogens (tertiary/aromatic N) is 1. The van der Waals surface area contributed by atoms with E-state index in [0.717, 1.165) is 4.47 Å². The minimum absolute atomic E-state index is 0.484. The first-order chi connectivity index (χ1) is 6.92. The van der Waals surface area contributed by atoms with Crippen LogP contribution >= 0.6 is 15.9 Å². The highest BCUT2D eigenvalue weighted by Crippen LogP contribution is 2.21. The zero-order valence-electron chi connectivity index (χ0n) is 8.84. The molecule has 0 aliphatic carbocycles. The Labute approximate surface area is 97.6 Å². The van der Waals surface area contributed by atoms with Gasteiger partial charge in [-0.2, -0.15) is 0 Å². The summed E-state index contributed by atoms with van der Waals surface area (Å²) in [5.74, 6) is 5.94. The zero-order valence-corrected chi connectivity index (χ0v) is 10.4. The molecule has 0 aliphatic rings. The monoisotopic (exact) mass is 269 g/mol. The van der Waals surface area contributed by atoms with E-state index in [1.54, 1.807) is 33.1 Å². The van der Waals surface area contributed by atoms with E-state index in [1.807, 2.05) is 0 Å². The summed E-state index contributed by atoms with van der Waals surface area (Å²) < 4.78 is 5.81. The molecule has 0 unspecified atom stereocenters. The lowest BCUT2D eigenvalue weighted by Gasteiger charge is -2.06. The fourth-order valence-corrected chi connectivity index (χ4v) is 1.24. The lowest BCUT2D eigenvalue weighted by Crippen LogP contribution is -2.14. The van der Waals surface area contributed by atoms with Crippen molar-refractivity contribution < 1.29 is 9.84 Å². The fourth-order valence-electron chi connectivity index (χ4n) is 0.853. The van der Waals surface area contributed by atoms with Gasteiger partial charge in [0.2, 0.25) is 5.88 Å². The van der Waals surface area contributed by atoms with Gasteiger partial charge in [0.25, 0.3) is 0 Å². The third-order valence-corrected chi connectivity index (χ3v) is 2.11. The van der Waals surface area contributed by atoms with Crippen LogP contribution in [0, 0.1) is 11.8 Å². The number of ether oxygens (including phenoxy) is 1. The van der Waals surface area contributed by atoms with Crippen LogP contribution in [0.3, 0.4) is 0 Å². The number of methoxy groups -OCH3 is 1. The largest absolute Gasteiger partial charge is 0.480 e. The smallest absolute Gasteiger partial charge is 0.228 e. The molecule has 1 aromatic heterocycles. The molecule has 0 amide bonds. The second kappa shape index (κ2) is 4.65. The van der Waals surface area contributed by atoms with Gasteiger partial charge >= 0.3 is 0 Å². The van der Waals surface area contributed by atoms with Crippen molar-refractivity contribution in [2.45, 2.75) is 19.4 Å². The molecule has 0 aromatic carbocycles. The Morgan fingerprint density at radius 1 is 1.47 bits per heavy atom. The molecule has 1 N–H and O–H groups in total. The van der Waals surface area contributed by atoms with E-state index in [1.165, 1.54) is 0 Å². The van der Waals surface area contributed by atoms with Crippen LogP contribution in [0.5, 0.6) is 5.88 Å². The predicted octanol–water partition coefficient (Wildman–Crippen LogP) is 1.98. The summed E-state index contributed by atoms with van der Waals surface area (Å²) in [5, 5.41) is 9.42. The number of hydrogen-bond acceptors (Lipinski definition) is 3. The average Bonchev–Trinajstić information content (AvgIpc) is 2.15. The van der Waals surface area contributed by atoms with E-state index in [9.17, 15) is 5.11 Å².